The van der Waals surface area contributed by atoms with E-state index in [4.69, 9.17) is 4.74 Å². The minimum absolute atomic E-state index is 0.365. The van der Waals surface area contributed by atoms with Crippen molar-refractivity contribution in [2.75, 3.05) is 7.11 Å². The van der Waals surface area contributed by atoms with Gasteiger partial charge in [-0.25, -0.2) is 0 Å². The van der Waals surface area contributed by atoms with Crippen LogP contribution in [0.15, 0.2) is 60.4 Å². The first-order valence-electron chi connectivity index (χ1n) is 19.9. The maximum Gasteiger partial charge on any atom is 0.123 e. The van der Waals surface area contributed by atoms with Crippen LogP contribution in [0.1, 0.15) is 164 Å². The summed E-state index contributed by atoms with van der Waals surface area (Å²) in [5.74, 6) is 5.73. The number of aryl methyl sites for hydroxylation is 2. The van der Waals surface area contributed by atoms with Crippen LogP contribution >= 0.6 is 0 Å². The summed E-state index contributed by atoms with van der Waals surface area (Å²) >= 11 is 0. The number of benzene rings is 2. The van der Waals surface area contributed by atoms with Gasteiger partial charge in [-0.15, -0.1) is 0 Å². The van der Waals surface area contributed by atoms with Crippen LogP contribution in [0, 0.1) is 29.6 Å². The molecule has 6 rings (SSSR count). The monoisotopic (exact) mass is 639 g/mol. The molecule has 0 N–H and O–H groups in total. The van der Waals surface area contributed by atoms with Crippen molar-refractivity contribution in [1.82, 2.24) is 0 Å². The van der Waals surface area contributed by atoms with Gasteiger partial charge in [0.2, 0.25) is 0 Å². The third kappa shape index (κ3) is 10.6. The van der Waals surface area contributed by atoms with Gasteiger partial charge >= 0.3 is 0 Å². The maximum atomic E-state index is 10.9. The van der Waals surface area contributed by atoms with Crippen LogP contribution in [0.4, 0.5) is 0 Å². The second-order valence-electron chi connectivity index (χ2n) is 15.9. The highest BCUT2D eigenvalue weighted by atomic mass is 16.5. The van der Waals surface area contributed by atoms with Gasteiger partial charge in [-0.3, -0.25) is 0 Å². The van der Waals surface area contributed by atoms with Gasteiger partial charge < -0.3 is 9.53 Å². The highest BCUT2D eigenvalue weighted by molar-refractivity contribution is 5.53. The Hall–Kier alpha value is -2.35. The minimum Gasteiger partial charge on any atom is -0.504 e. The molecule has 0 amide bonds. The summed E-state index contributed by atoms with van der Waals surface area (Å²) in [4.78, 5) is 10.9. The van der Waals surface area contributed by atoms with E-state index in [0.29, 0.717) is 5.92 Å². The van der Waals surface area contributed by atoms with Gasteiger partial charge in [-0.2, -0.15) is 0 Å². The number of methoxy groups -OCH3 is 1. The molecule has 4 fully saturated rings. The Bertz CT molecular complexity index is 1180. The van der Waals surface area contributed by atoms with Crippen molar-refractivity contribution in [2.24, 2.45) is 29.6 Å². The third-order valence-electron chi connectivity index (χ3n) is 12.8. The zero-order chi connectivity index (χ0) is 32.8. The molecular formula is C45H66O2. The van der Waals surface area contributed by atoms with Crippen molar-refractivity contribution in [1.29, 1.82) is 0 Å². The van der Waals surface area contributed by atoms with Crippen LogP contribution in [0.2, 0.25) is 0 Å². The summed E-state index contributed by atoms with van der Waals surface area (Å²) in [6.45, 7) is 4.51. The molecule has 2 aromatic rings. The van der Waals surface area contributed by atoms with Crippen LogP contribution in [-0.2, 0) is 22.4 Å². The van der Waals surface area contributed by atoms with Crippen molar-refractivity contribution in [2.45, 2.75) is 154 Å². The molecule has 0 saturated heterocycles. The van der Waals surface area contributed by atoms with Crippen LogP contribution in [0.3, 0.4) is 0 Å². The van der Waals surface area contributed by atoms with Crippen molar-refractivity contribution >= 4 is 6.29 Å². The topological polar surface area (TPSA) is 26.3 Å². The SMILES string of the molecule is CCCc1ccc(C2CCC(C3CCC(=COC)CC3)CC2)cc1.CCCc1ccc(C2CCC(C3CCC(C=O)CC3)CC2)cc1. The van der Waals surface area contributed by atoms with Crippen LogP contribution in [-0.4, -0.2) is 13.4 Å². The molecule has 4 aliphatic carbocycles. The van der Waals surface area contributed by atoms with Gasteiger partial charge in [-0.1, -0.05) is 75.2 Å². The predicted octanol–water partition coefficient (Wildman–Crippen LogP) is 12.6. The molecule has 0 atom stereocenters. The molecule has 2 nitrogen and oxygen atoms in total. The van der Waals surface area contributed by atoms with E-state index in [-0.39, 0.29) is 0 Å². The van der Waals surface area contributed by atoms with Crippen LogP contribution in [0.5, 0.6) is 0 Å². The molecule has 4 aliphatic rings. The predicted molar refractivity (Wildman–Crippen MR) is 199 cm³/mol. The van der Waals surface area contributed by atoms with E-state index in [1.807, 2.05) is 6.26 Å². The van der Waals surface area contributed by atoms with Gasteiger partial charge in [-0.05, 0) is 179 Å². The Balaban J connectivity index is 0.000000185. The van der Waals surface area contributed by atoms with E-state index in [1.54, 1.807) is 18.2 Å². The number of carbonyl (C=O) groups is 1. The molecule has 0 aliphatic heterocycles. The smallest absolute Gasteiger partial charge is 0.123 e. The number of rotatable bonds is 10. The first kappa shape index (κ1) is 35.9. The molecule has 0 heterocycles. The normalized spacial score (nSPS) is 29.7. The first-order chi connectivity index (χ1) is 23.1. The van der Waals surface area contributed by atoms with Crippen LogP contribution in [0.25, 0.3) is 0 Å². The number of hydrogen-bond acceptors (Lipinski definition) is 2. The molecule has 0 radical (unpaired) electrons. The zero-order valence-electron chi connectivity index (χ0n) is 30.3. The molecule has 4 saturated carbocycles. The molecule has 2 aromatic carbocycles. The fourth-order valence-corrected chi connectivity index (χ4v) is 9.86. The summed E-state index contributed by atoms with van der Waals surface area (Å²) in [6.07, 6.45) is 29.5. The standard InChI is InChI=1S/C23H34O.C22H32O/c1-3-4-18-5-9-20(10-6-18)22-13-15-23(16-14-22)21-11-7-19(8-12-21)17-24-2;1-2-3-17-4-8-19(9-5-17)21-12-14-22(15-13-21)20-10-6-18(16-23)7-11-20/h5-6,9-10,17,21-23H,3-4,7-8,11-16H2,1-2H3;4-5,8-9,16,18,20-22H,2-3,6-7,10-15H2,1H3. The maximum absolute atomic E-state index is 10.9. The van der Waals surface area contributed by atoms with E-state index in [1.165, 1.54) is 139 Å². The number of allylic oxidation sites excluding steroid dienone is 1. The Morgan fingerprint density at radius 1 is 0.553 bits per heavy atom. The summed E-state index contributed by atoms with van der Waals surface area (Å²) in [6, 6.07) is 19.0. The third-order valence-corrected chi connectivity index (χ3v) is 12.8. The van der Waals surface area contributed by atoms with Crippen molar-refractivity contribution in [3.05, 3.63) is 82.6 Å². The average Bonchev–Trinajstić information content (AvgIpc) is 3.14. The van der Waals surface area contributed by atoms with E-state index < -0.39 is 0 Å². The molecule has 0 bridgehead atoms. The first-order valence-corrected chi connectivity index (χ1v) is 19.9. The van der Waals surface area contributed by atoms with Gasteiger partial charge in [0.1, 0.15) is 6.29 Å². The summed E-state index contributed by atoms with van der Waals surface area (Å²) < 4.78 is 5.19. The number of aldehydes is 1. The Labute approximate surface area is 288 Å². The quantitative estimate of drug-likeness (QED) is 0.191. The molecule has 47 heavy (non-hydrogen) atoms. The van der Waals surface area contributed by atoms with Gasteiger partial charge in [0.25, 0.3) is 0 Å². The minimum atomic E-state index is 0.365. The molecular weight excluding hydrogens is 572 g/mol. The molecule has 0 aromatic heterocycles. The molecule has 0 unspecified atom stereocenters. The highest BCUT2D eigenvalue weighted by Gasteiger charge is 2.32. The van der Waals surface area contributed by atoms with Crippen molar-refractivity contribution in [3.8, 4) is 0 Å². The molecule has 0 spiro atoms. The van der Waals surface area contributed by atoms with Gasteiger partial charge in [0, 0.05) is 5.92 Å². The Morgan fingerprint density at radius 3 is 1.30 bits per heavy atom. The number of ether oxygens (including phenoxy) is 1. The number of hydrogen-bond donors (Lipinski definition) is 0. The lowest BCUT2D eigenvalue weighted by Gasteiger charge is -2.37. The van der Waals surface area contributed by atoms with Crippen molar-refractivity contribution < 1.29 is 9.53 Å². The fourth-order valence-electron chi connectivity index (χ4n) is 9.86. The largest absolute Gasteiger partial charge is 0.504 e. The van der Waals surface area contributed by atoms with E-state index in [2.05, 4.69) is 62.4 Å². The second-order valence-corrected chi connectivity index (χ2v) is 15.9. The summed E-state index contributed by atoms with van der Waals surface area (Å²) in [5, 5.41) is 0. The van der Waals surface area contributed by atoms with Gasteiger partial charge in [0.05, 0.1) is 13.4 Å². The lowest BCUT2D eigenvalue weighted by Crippen LogP contribution is -2.25. The fraction of sp³-hybridized carbons (Fsp3) is 0.667. The Kier molecular flexibility index (Phi) is 14.5. The average molecular weight is 639 g/mol. The van der Waals surface area contributed by atoms with E-state index in [9.17, 15) is 4.79 Å². The Morgan fingerprint density at radius 2 is 0.936 bits per heavy atom. The van der Waals surface area contributed by atoms with Crippen LogP contribution < -0.4 is 0 Å². The van der Waals surface area contributed by atoms with Crippen molar-refractivity contribution in [3.63, 3.8) is 0 Å². The lowest BCUT2D eigenvalue weighted by atomic mass is 9.68. The summed E-state index contributed by atoms with van der Waals surface area (Å²) in [7, 11) is 1.77. The number of carbonyl (C=O) groups excluding carboxylic acids is 1. The molecule has 258 valence electrons. The van der Waals surface area contributed by atoms with E-state index >= 15 is 0 Å². The highest BCUT2D eigenvalue weighted by Crippen LogP contribution is 2.45. The van der Waals surface area contributed by atoms with E-state index in [0.717, 1.165) is 48.3 Å². The summed E-state index contributed by atoms with van der Waals surface area (Å²) in [5.41, 5.74) is 7.65. The van der Waals surface area contributed by atoms with Gasteiger partial charge in [0.15, 0.2) is 0 Å². The second kappa shape index (κ2) is 19.0. The molecule has 2 heteroatoms. The zero-order valence-corrected chi connectivity index (χ0v) is 30.3. The lowest BCUT2D eigenvalue weighted by molar-refractivity contribution is -0.112.